The van der Waals surface area contributed by atoms with Crippen LogP contribution in [-0.4, -0.2) is 60.8 Å². The molecule has 6 atom stereocenters. The Morgan fingerprint density at radius 1 is 1.03 bits per heavy atom. The van der Waals surface area contributed by atoms with Gasteiger partial charge in [0.05, 0.1) is 12.7 Å². The van der Waals surface area contributed by atoms with Crippen molar-refractivity contribution in [2.75, 3.05) is 19.8 Å². The SMILES string of the molecule is CCCCOC(=O)C=C1[C@]2(C(OCCCC)OCCCC)O[C@@H]2[C@@H](O)[C@H]2[C@@](C)(C(C)=O)CCC[C@]12C. The number of carbonyl (C=O) groups is 2. The van der Waals surface area contributed by atoms with Crippen molar-refractivity contribution >= 4 is 11.8 Å². The summed E-state index contributed by atoms with van der Waals surface area (Å²) in [6, 6.07) is 0. The molecule has 1 aliphatic heterocycles. The Hall–Kier alpha value is -1.28. The number of Topliss-reactive ketones (excluding diaryl/α,β-unsaturated/α-hetero) is 1. The van der Waals surface area contributed by atoms with Crippen LogP contribution in [0, 0.1) is 16.7 Å². The summed E-state index contributed by atoms with van der Waals surface area (Å²) in [5.74, 6) is -0.733. The van der Waals surface area contributed by atoms with Gasteiger partial charge in [0, 0.05) is 30.6 Å². The second kappa shape index (κ2) is 12.1. The fourth-order valence-electron chi connectivity index (χ4n) is 6.66. The van der Waals surface area contributed by atoms with Crippen LogP contribution in [-0.2, 0) is 28.5 Å². The number of aliphatic hydroxyl groups is 1. The molecule has 2 aliphatic carbocycles. The number of unbranched alkanes of at least 4 members (excludes halogenated alkanes) is 3. The number of ether oxygens (including phenoxy) is 4. The fourth-order valence-corrected chi connectivity index (χ4v) is 6.66. The predicted octanol–water partition coefficient (Wildman–Crippen LogP) is 5.13. The molecule has 3 aliphatic rings. The molecule has 0 spiro atoms. The summed E-state index contributed by atoms with van der Waals surface area (Å²) in [6.07, 6.45) is 7.04. The van der Waals surface area contributed by atoms with E-state index in [-0.39, 0.29) is 11.7 Å². The number of hydrogen-bond donors (Lipinski definition) is 1. The second-order valence-corrected chi connectivity index (χ2v) is 11.4. The van der Waals surface area contributed by atoms with Crippen LogP contribution in [0.15, 0.2) is 11.6 Å². The zero-order chi connectivity index (χ0) is 26.6. The average molecular weight is 509 g/mol. The highest BCUT2D eigenvalue weighted by Crippen LogP contribution is 2.69. The molecule has 0 aromatic carbocycles. The van der Waals surface area contributed by atoms with Gasteiger partial charge in [-0.05, 0) is 50.0 Å². The molecule has 0 bridgehead atoms. The third-order valence-corrected chi connectivity index (χ3v) is 8.83. The van der Waals surface area contributed by atoms with E-state index < -0.39 is 40.9 Å². The van der Waals surface area contributed by atoms with E-state index in [1.807, 2.05) is 6.92 Å². The molecule has 1 N–H and O–H groups in total. The number of rotatable bonds is 14. The summed E-state index contributed by atoms with van der Waals surface area (Å²) < 4.78 is 24.5. The van der Waals surface area contributed by atoms with Crippen LogP contribution in [0.2, 0.25) is 0 Å². The van der Waals surface area contributed by atoms with Gasteiger partial charge >= 0.3 is 5.97 Å². The van der Waals surface area contributed by atoms with E-state index in [2.05, 4.69) is 27.7 Å². The van der Waals surface area contributed by atoms with Crippen molar-refractivity contribution in [1.29, 1.82) is 0 Å². The largest absolute Gasteiger partial charge is 0.463 e. The van der Waals surface area contributed by atoms with Crippen molar-refractivity contribution in [3.8, 4) is 0 Å². The Kier molecular flexibility index (Phi) is 9.81. The molecule has 0 unspecified atom stereocenters. The third kappa shape index (κ3) is 5.31. The van der Waals surface area contributed by atoms with Crippen LogP contribution in [0.3, 0.4) is 0 Å². The number of esters is 1. The number of epoxide rings is 1. The van der Waals surface area contributed by atoms with E-state index in [1.54, 1.807) is 13.0 Å². The van der Waals surface area contributed by atoms with E-state index in [4.69, 9.17) is 18.9 Å². The van der Waals surface area contributed by atoms with E-state index in [1.165, 1.54) is 0 Å². The van der Waals surface area contributed by atoms with E-state index >= 15 is 0 Å². The van der Waals surface area contributed by atoms with Crippen LogP contribution in [0.5, 0.6) is 0 Å². The second-order valence-electron chi connectivity index (χ2n) is 11.4. The molecule has 3 fully saturated rings. The molecule has 3 rings (SSSR count). The summed E-state index contributed by atoms with van der Waals surface area (Å²) >= 11 is 0. The van der Waals surface area contributed by atoms with Crippen molar-refractivity contribution in [3.63, 3.8) is 0 Å². The van der Waals surface area contributed by atoms with Gasteiger partial charge in [0.1, 0.15) is 11.9 Å². The molecule has 0 aromatic rings. The van der Waals surface area contributed by atoms with Gasteiger partial charge in [0.2, 0.25) is 0 Å². The summed E-state index contributed by atoms with van der Waals surface area (Å²) in [4.78, 5) is 26.0. The normalized spacial score (nSPS) is 36.4. The highest BCUT2D eigenvalue weighted by Gasteiger charge is 2.78. The van der Waals surface area contributed by atoms with Gasteiger partial charge in [0.15, 0.2) is 11.9 Å². The number of hydrogen-bond acceptors (Lipinski definition) is 7. The topological polar surface area (TPSA) is 94.6 Å². The Bertz CT molecular complexity index is 799. The zero-order valence-electron chi connectivity index (χ0n) is 23.3. The first-order chi connectivity index (χ1) is 17.1. The number of ketones is 1. The van der Waals surface area contributed by atoms with E-state index in [9.17, 15) is 14.7 Å². The average Bonchev–Trinajstić information content (AvgIpc) is 3.58. The first kappa shape index (κ1) is 29.3. The van der Waals surface area contributed by atoms with Gasteiger partial charge in [0.25, 0.3) is 0 Å². The van der Waals surface area contributed by atoms with Crippen molar-refractivity contribution < 1.29 is 33.6 Å². The van der Waals surface area contributed by atoms with Gasteiger partial charge in [-0.3, -0.25) is 4.79 Å². The summed E-state index contributed by atoms with van der Waals surface area (Å²) in [5, 5.41) is 11.7. The van der Waals surface area contributed by atoms with Crippen molar-refractivity contribution in [2.24, 2.45) is 16.7 Å². The Labute approximate surface area is 217 Å². The molecular weight excluding hydrogens is 460 g/mol. The van der Waals surface area contributed by atoms with Crippen LogP contribution >= 0.6 is 0 Å². The molecule has 7 heteroatoms. The summed E-state index contributed by atoms with van der Waals surface area (Å²) in [7, 11) is 0. The van der Waals surface area contributed by atoms with Gasteiger partial charge < -0.3 is 24.1 Å². The molecule has 1 heterocycles. The smallest absolute Gasteiger partial charge is 0.330 e. The third-order valence-electron chi connectivity index (χ3n) is 8.83. The number of fused-ring (bicyclic) bond motifs is 2. The lowest BCUT2D eigenvalue weighted by molar-refractivity contribution is -0.185. The molecule has 0 amide bonds. The van der Waals surface area contributed by atoms with Gasteiger partial charge in [-0.1, -0.05) is 60.3 Å². The minimum Gasteiger partial charge on any atom is -0.463 e. The van der Waals surface area contributed by atoms with E-state index in [0.717, 1.165) is 56.9 Å². The Balaban J connectivity index is 2.07. The van der Waals surface area contributed by atoms with Gasteiger partial charge in [-0.2, -0.15) is 0 Å². The van der Waals surface area contributed by atoms with Crippen LogP contribution in [0.25, 0.3) is 0 Å². The molecule has 1 saturated heterocycles. The molecule has 206 valence electrons. The van der Waals surface area contributed by atoms with Gasteiger partial charge in [-0.25, -0.2) is 4.79 Å². The summed E-state index contributed by atoms with van der Waals surface area (Å²) in [6.45, 7) is 13.2. The Morgan fingerprint density at radius 3 is 2.17 bits per heavy atom. The maximum absolute atomic E-state index is 13.1. The standard InChI is InChI=1S/C29H48O7/c1-7-10-16-33-22(31)19-21-28(6)15-13-14-27(5,20(4)30)24(28)23(32)25-29(21,36-25)26(34-17-11-8-2)35-18-12-9-3/h19,23-26,32H,7-18H2,1-6H3/t23-,24-,25+,27+,28+,29-/m0/s1. The Morgan fingerprint density at radius 2 is 1.61 bits per heavy atom. The van der Waals surface area contributed by atoms with Gasteiger partial charge in [-0.15, -0.1) is 0 Å². The lowest BCUT2D eigenvalue weighted by Gasteiger charge is -2.57. The quantitative estimate of drug-likeness (QED) is 0.114. The monoisotopic (exact) mass is 508 g/mol. The van der Waals surface area contributed by atoms with Crippen molar-refractivity contribution in [1.82, 2.24) is 0 Å². The molecule has 7 nitrogen and oxygen atoms in total. The molecule has 2 saturated carbocycles. The number of aliphatic hydroxyl groups excluding tert-OH is 1. The fraction of sp³-hybridized carbons (Fsp3) is 0.862. The molecular formula is C29H48O7. The van der Waals surface area contributed by atoms with Crippen LogP contribution < -0.4 is 0 Å². The predicted molar refractivity (Wildman–Crippen MR) is 137 cm³/mol. The molecule has 0 aromatic heterocycles. The first-order valence-electron chi connectivity index (χ1n) is 14.1. The van der Waals surface area contributed by atoms with Crippen molar-refractivity contribution in [2.45, 2.75) is 123 Å². The van der Waals surface area contributed by atoms with Crippen molar-refractivity contribution in [3.05, 3.63) is 11.6 Å². The van der Waals surface area contributed by atoms with Crippen LogP contribution in [0.4, 0.5) is 0 Å². The minimum absolute atomic E-state index is 0.0606. The van der Waals surface area contributed by atoms with E-state index in [0.29, 0.717) is 26.2 Å². The highest BCUT2D eigenvalue weighted by atomic mass is 16.7. The summed E-state index contributed by atoms with van der Waals surface area (Å²) in [5.41, 5.74) is -1.67. The number of carbonyl (C=O) groups excluding carboxylic acids is 2. The maximum Gasteiger partial charge on any atom is 0.330 e. The lowest BCUT2D eigenvalue weighted by Crippen LogP contribution is -2.62. The van der Waals surface area contributed by atoms with Crippen LogP contribution in [0.1, 0.15) is 99.3 Å². The zero-order valence-corrected chi connectivity index (χ0v) is 23.3. The molecule has 0 radical (unpaired) electrons. The maximum atomic E-state index is 13.1. The minimum atomic E-state index is -1.06. The molecule has 36 heavy (non-hydrogen) atoms. The highest BCUT2D eigenvalue weighted by molar-refractivity contribution is 5.85. The first-order valence-corrected chi connectivity index (χ1v) is 14.1. The lowest BCUT2D eigenvalue weighted by atomic mass is 9.46.